The van der Waals surface area contributed by atoms with Gasteiger partial charge in [0.05, 0.1) is 0 Å². The minimum Gasteiger partial charge on any atom is -0.375 e. The second kappa shape index (κ2) is 9.46. The molecule has 1 heterocycles. The predicted octanol–water partition coefficient (Wildman–Crippen LogP) is 4.74. The van der Waals surface area contributed by atoms with Gasteiger partial charge in [0, 0.05) is 49.5 Å². The summed E-state index contributed by atoms with van der Waals surface area (Å²) in [6.45, 7) is 2.37. The van der Waals surface area contributed by atoms with Gasteiger partial charge in [0.25, 0.3) is 5.91 Å². The van der Waals surface area contributed by atoms with E-state index in [4.69, 9.17) is 11.6 Å². The zero-order valence-corrected chi connectivity index (χ0v) is 18.7. The number of rotatable bonds is 6. The monoisotopic (exact) mass is 462 g/mol. The second-order valence-corrected chi connectivity index (χ2v) is 9.52. The highest BCUT2D eigenvalue weighted by molar-refractivity contribution is 6.30. The molecule has 0 unspecified atom stereocenters. The number of nitrogens with one attached hydrogen (secondary N) is 1. The maximum Gasteiger partial charge on any atom is 0.257 e. The first-order chi connectivity index (χ1) is 15.3. The Morgan fingerprint density at radius 2 is 1.84 bits per heavy atom. The number of hydrogen-bond donors (Lipinski definition) is 2. The molecule has 0 bridgehead atoms. The molecule has 0 aromatic heterocycles. The van der Waals surface area contributed by atoms with Crippen LogP contribution < -0.4 is 5.32 Å². The Bertz CT molecular complexity index is 935. The molecule has 2 aliphatic rings. The fourth-order valence-electron chi connectivity index (χ4n) is 4.98. The van der Waals surface area contributed by atoms with Crippen LogP contribution in [0.1, 0.15) is 43.2 Å². The minimum absolute atomic E-state index is 0.102. The van der Waals surface area contributed by atoms with Crippen molar-refractivity contribution in [1.82, 2.24) is 10.2 Å². The summed E-state index contributed by atoms with van der Waals surface area (Å²) in [5.41, 5.74) is -0.446. The Morgan fingerprint density at radius 1 is 1.12 bits per heavy atom. The summed E-state index contributed by atoms with van der Waals surface area (Å²) < 4.78 is 27.9. The van der Waals surface area contributed by atoms with E-state index >= 15 is 0 Å². The van der Waals surface area contributed by atoms with Gasteiger partial charge in [-0.15, -0.1) is 0 Å². The molecule has 4 rings (SSSR count). The average molecular weight is 463 g/mol. The minimum atomic E-state index is -2.85. The lowest BCUT2D eigenvalue weighted by atomic mass is 9.79. The first kappa shape index (κ1) is 23.1. The number of likely N-dealkylation sites (tertiary alicyclic amines) is 1. The third-order valence-corrected chi connectivity index (χ3v) is 7.01. The highest BCUT2D eigenvalue weighted by Crippen LogP contribution is 2.47. The lowest BCUT2D eigenvalue weighted by molar-refractivity contribution is -0.149. The highest BCUT2D eigenvalue weighted by Gasteiger charge is 2.53. The first-order valence-electron chi connectivity index (χ1n) is 11.2. The lowest BCUT2D eigenvalue weighted by Crippen LogP contribution is -2.54. The van der Waals surface area contributed by atoms with E-state index in [0.717, 1.165) is 38.0 Å². The van der Waals surface area contributed by atoms with Gasteiger partial charge in [-0.05, 0) is 42.5 Å². The fraction of sp³-hybridized carbons (Fsp3) is 0.480. The molecule has 1 amide bonds. The van der Waals surface area contributed by atoms with Crippen molar-refractivity contribution in [3.63, 3.8) is 0 Å². The number of piperidine rings is 1. The largest absolute Gasteiger partial charge is 0.375 e. The van der Waals surface area contributed by atoms with E-state index < -0.39 is 29.8 Å². The van der Waals surface area contributed by atoms with Gasteiger partial charge in [-0.1, -0.05) is 54.1 Å². The Hall–Kier alpha value is -2.02. The number of amides is 1. The molecule has 0 spiro atoms. The third-order valence-electron chi connectivity index (χ3n) is 6.77. The van der Waals surface area contributed by atoms with Crippen molar-refractivity contribution in [2.75, 3.05) is 13.1 Å². The first-order valence-corrected chi connectivity index (χ1v) is 11.6. The van der Waals surface area contributed by atoms with Crippen LogP contribution in [-0.4, -0.2) is 41.0 Å². The normalized spacial score (nSPS) is 23.6. The number of nitrogens with zero attached hydrogens (tertiary/aromatic N) is 1. The summed E-state index contributed by atoms with van der Waals surface area (Å²) in [6.07, 6.45) is 0.797. The van der Waals surface area contributed by atoms with Crippen LogP contribution in [0.25, 0.3) is 0 Å². The van der Waals surface area contributed by atoms with E-state index in [-0.39, 0.29) is 18.9 Å². The number of carbonyl (C=O) groups excluding carboxylic acids is 1. The van der Waals surface area contributed by atoms with E-state index in [0.29, 0.717) is 10.6 Å². The second-order valence-electron chi connectivity index (χ2n) is 9.08. The molecule has 2 aromatic carbocycles. The summed E-state index contributed by atoms with van der Waals surface area (Å²) in [4.78, 5) is 15.6. The molecule has 2 fully saturated rings. The van der Waals surface area contributed by atoms with Gasteiger partial charge in [-0.25, -0.2) is 8.78 Å². The van der Waals surface area contributed by atoms with Crippen molar-refractivity contribution in [2.45, 2.75) is 56.2 Å². The number of halogens is 3. The van der Waals surface area contributed by atoms with Crippen LogP contribution >= 0.6 is 11.6 Å². The van der Waals surface area contributed by atoms with Crippen LogP contribution in [-0.2, 0) is 16.9 Å². The molecule has 1 aliphatic heterocycles. The number of hydrogen-bond acceptors (Lipinski definition) is 3. The van der Waals surface area contributed by atoms with E-state index in [1.54, 1.807) is 30.3 Å². The maximum absolute atomic E-state index is 14.0. The van der Waals surface area contributed by atoms with Gasteiger partial charge in [-0.2, -0.15) is 0 Å². The van der Waals surface area contributed by atoms with Crippen LogP contribution in [0.2, 0.25) is 5.02 Å². The summed E-state index contributed by atoms with van der Waals surface area (Å²) >= 11 is 6.07. The summed E-state index contributed by atoms with van der Waals surface area (Å²) in [5, 5.41) is 15.2. The van der Waals surface area contributed by atoms with Gasteiger partial charge in [0.15, 0.2) is 5.60 Å². The van der Waals surface area contributed by atoms with Gasteiger partial charge >= 0.3 is 0 Å². The zero-order valence-electron chi connectivity index (χ0n) is 17.9. The average Bonchev–Trinajstić information content (AvgIpc) is 3.15. The molecule has 1 aliphatic carbocycles. The SMILES string of the molecule is O=C(NC1CCN(Cc2cccc(Cl)c2)CC1)[C@](O)(c1ccccc1)[C@@H]1CCC(F)(F)C1. The standard InChI is InChI=1S/C25H29ClF2N2O2/c26-21-8-4-5-18(15-21)17-30-13-10-22(11-14-30)29-23(31)25(32,19-6-2-1-3-7-19)20-9-12-24(27,28)16-20/h1-8,15,20,22,32H,9-14,16-17H2,(H,29,31)/t20-,25+/m1/s1. The van der Waals surface area contributed by atoms with Gasteiger partial charge in [-0.3, -0.25) is 9.69 Å². The van der Waals surface area contributed by atoms with Gasteiger partial charge < -0.3 is 10.4 Å². The molecule has 1 saturated carbocycles. The molecule has 1 saturated heterocycles. The molecule has 4 nitrogen and oxygen atoms in total. The number of alkyl halides is 2. The van der Waals surface area contributed by atoms with E-state index in [1.807, 2.05) is 24.3 Å². The summed E-state index contributed by atoms with van der Waals surface area (Å²) in [6, 6.07) is 16.2. The predicted molar refractivity (Wildman–Crippen MR) is 121 cm³/mol. The Kier molecular flexibility index (Phi) is 6.84. The van der Waals surface area contributed by atoms with Crippen LogP contribution in [0.3, 0.4) is 0 Å². The van der Waals surface area contributed by atoms with Crippen molar-refractivity contribution in [3.05, 3.63) is 70.7 Å². The summed E-state index contributed by atoms with van der Waals surface area (Å²) in [5.74, 6) is -4.23. The molecular weight excluding hydrogens is 434 g/mol. The number of carbonyl (C=O) groups is 1. The quantitative estimate of drug-likeness (QED) is 0.651. The molecule has 7 heteroatoms. The van der Waals surface area contributed by atoms with Gasteiger partial charge in [0.1, 0.15) is 0 Å². The smallest absolute Gasteiger partial charge is 0.257 e. The van der Waals surface area contributed by atoms with Gasteiger partial charge in [0.2, 0.25) is 5.92 Å². The molecule has 2 N–H and O–H groups in total. The molecule has 2 aromatic rings. The van der Waals surface area contributed by atoms with Crippen LogP contribution in [0.4, 0.5) is 8.78 Å². The molecule has 172 valence electrons. The van der Waals surface area contributed by atoms with Crippen molar-refractivity contribution >= 4 is 17.5 Å². The Morgan fingerprint density at radius 3 is 2.47 bits per heavy atom. The van der Waals surface area contributed by atoms with Crippen molar-refractivity contribution in [1.29, 1.82) is 0 Å². The van der Waals surface area contributed by atoms with Crippen LogP contribution in [0.15, 0.2) is 54.6 Å². The third kappa shape index (κ3) is 5.13. The van der Waals surface area contributed by atoms with Crippen molar-refractivity contribution in [3.8, 4) is 0 Å². The Balaban J connectivity index is 1.41. The van der Waals surface area contributed by atoms with Crippen LogP contribution in [0, 0.1) is 5.92 Å². The topological polar surface area (TPSA) is 52.6 Å². The Labute approximate surface area is 192 Å². The van der Waals surface area contributed by atoms with Crippen LogP contribution in [0.5, 0.6) is 0 Å². The molecular formula is C25H29ClF2N2O2. The molecule has 32 heavy (non-hydrogen) atoms. The summed E-state index contributed by atoms with van der Waals surface area (Å²) in [7, 11) is 0. The number of aliphatic hydroxyl groups is 1. The zero-order chi connectivity index (χ0) is 22.8. The number of benzene rings is 2. The van der Waals surface area contributed by atoms with E-state index in [9.17, 15) is 18.7 Å². The van der Waals surface area contributed by atoms with E-state index in [2.05, 4.69) is 10.2 Å². The van der Waals surface area contributed by atoms with Crippen molar-refractivity contribution < 1.29 is 18.7 Å². The molecule has 2 atom stereocenters. The van der Waals surface area contributed by atoms with E-state index in [1.165, 1.54) is 0 Å². The molecule has 0 radical (unpaired) electrons. The highest BCUT2D eigenvalue weighted by atomic mass is 35.5. The fourth-order valence-corrected chi connectivity index (χ4v) is 5.19. The lowest BCUT2D eigenvalue weighted by Gasteiger charge is -2.37. The van der Waals surface area contributed by atoms with Crippen molar-refractivity contribution in [2.24, 2.45) is 5.92 Å². The maximum atomic E-state index is 14.0.